The van der Waals surface area contributed by atoms with E-state index in [0.717, 1.165) is 0 Å². The second kappa shape index (κ2) is 7.04. The van der Waals surface area contributed by atoms with E-state index in [9.17, 15) is 9.59 Å². The fourth-order valence-corrected chi connectivity index (χ4v) is 1.99. The Kier molecular flexibility index (Phi) is 5.95. The van der Waals surface area contributed by atoms with E-state index in [4.69, 9.17) is 14.2 Å². The highest BCUT2D eigenvalue weighted by Gasteiger charge is 2.38. The van der Waals surface area contributed by atoms with Crippen molar-refractivity contribution in [3.8, 4) is 0 Å². The van der Waals surface area contributed by atoms with Gasteiger partial charge >= 0.3 is 6.09 Å². The summed E-state index contributed by atoms with van der Waals surface area (Å²) in [6.07, 6.45) is -0.0124. The second-order valence-corrected chi connectivity index (χ2v) is 5.79. The molecule has 2 amide bonds. The lowest BCUT2D eigenvalue weighted by molar-refractivity contribution is -0.142. The highest BCUT2D eigenvalue weighted by atomic mass is 16.7. The third-order valence-corrected chi connectivity index (χ3v) is 2.84. The summed E-state index contributed by atoms with van der Waals surface area (Å²) in [6, 6.07) is -0.278. The first-order valence-corrected chi connectivity index (χ1v) is 7.03. The molecule has 20 heavy (non-hydrogen) atoms. The molecule has 0 aromatic rings. The summed E-state index contributed by atoms with van der Waals surface area (Å²) < 4.78 is 16.0. The van der Waals surface area contributed by atoms with Crippen LogP contribution in [0.5, 0.6) is 0 Å². The Morgan fingerprint density at radius 1 is 1.40 bits per heavy atom. The van der Waals surface area contributed by atoms with Gasteiger partial charge < -0.3 is 14.2 Å². The Morgan fingerprint density at radius 3 is 2.60 bits per heavy atom. The van der Waals surface area contributed by atoms with Crippen molar-refractivity contribution in [3.63, 3.8) is 0 Å². The smallest absolute Gasteiger partial charge is 0.417 e. The highest BCUT2D eigenvalue weighted by Crippen LogP contribution is 2.22. The van der Waals surface area contributed by atoms with Crippen molar-refractivity contribution in [1.29, 1.82) is 0 Å². The van der Waals surface area contributed by atoms with Crippen LogP contribution in [0, 0.1) is 0 Å². The summed E-state index contributed by atoms with van der Waals surface area (Å²) in [5.74, 6) is -0.211. The van der Waals surface area contributed by atoms with Gasteiger partial charge in [0.1, 0.15) is 5.60 Å². The number of rotatable bonds is 5. The van der Waals surface area contributed by atoms with Gasteiger partial charge in [-0.1, -0.05) is 0 Å². The van der Waals surface area contributed by atoms with Crippen LogP contribution >= 0.6 is 0 Å². The van der Waals surface area contributed by atoms with E-state index >= 15 is 0 Å². The minimum Gasteiger partial charge on any atom is -0.443 e. The monoisotopic (exact) mass is 287 g/mol. The molecule has 1 unspecified atom stereocenters. The molecule has 1 saturated heterocycles. The Hall–Kier alpha value is -1.14. The number of ether oxygens (including phenoxy) is 3. The third kappa shape index (κ3) is 5.09. The van der Waals surface area contributed by atoms with Gasteiger partial charge in [0.2, 0.25) is 5.91 Å². The lowest BCUT2D eigenvalue weighted by atomic mass is 10.2. The fourth-order valence-electron chi connectivity index (χ4n) is 1.99. The summed E-state index contributed by atoms with van der Waals surface area (Å²) >= 11 is 0. The zero-order chi connectivity index (χ0) is 15.3. The van der Waals surface area contributed by atoms with Gasteiger partial charge in [-0.25, -0.2) is 9.69 Å². The number of nitrogens with zero attached hydrogens (tertiary/aromatic N) is 1. The first kappa shape index (κ1) is 16.9. The molecule has 116 valence electrons. The molecule has 2 atom stereocenters. The largest absolute Gasteiger partial charge is 0.443 e. The average molecular weight is 287 g/mol. The van der Waals surface area contributed by atoms with Crippen molar-refractivity contribution in [2.45, 2.75) is 65.4 Å². The number of hydrogen-bond donors (Lipinski definition) is 0. The van der Waals surface area contributed by atoms with Crippen LogP contribution in [0.3, 0.4) is 0 Å². The molecule has 0 bridgehead atoms. The van der Waals surface area contributed by atoms with Crippen molar-refractivity contribution in [2.24, 2.45) is 0 Å². The van der Waals surface area contributed by atoms with Crippen molar-refractivity contribution < 1.29 is 23.8 Å². The van der Waals surface area contributed by atoms with E-state index in [2.05, 4.69) is 0 Å². The molecule has 0 aliphatic carbocycles. The van der Waals surface area contributed by atoms with Crippen LogP contribution in [0.2, 0.25) is 0 Å². The van der Waals surface area contributed by atoms with Gasteiger partial charge in [0.05, 0.1) is 12.6 Å². The molecule has 1 aliphatic rings. The van der Waals surface area contributed by atoms with Crippen molar-refractivity contribution in [3.05, 3.63) is 0 Å². The molecule has 1 rings (SSSR count). The molecule has 1 aliphatic heterocycles. The van der Waals surface area contributed by atoms with Crippen LogP contribution in [0.15, 0.2) is 0 Å². The Labute approximate surface area is 120 Å². The van der Waals surface area contributed by atoms with E-state index in [1.54, 1.807) is 27.7 Å². The molecule has 0 saturated carbocycles. The first-order valence-electron chi connectivity index (χ1n) is 7.03. The van der Waals surface area contributed by atoms with Crippen LogP contribution in [-0.2, 0) is 19.0 Å². The van der Waals surface area contributed by atoms with Gasteiger partial charge in [0, 0.05) is 13.0 Å². The van der Waals surface area contributed by atoms with Gasteiger partial charge in [-0.3, -0.25) is 4.79 Å². The molecule has 0 aromatic carbocycles. The van der Waals surface area contributed by atoms with E-state index < -0.39 is 11.7 Å². The SMILES string of the molecule is CCOC(C)OC[C@@H]1CCC(=O)N1C(=O)OC(C)(C)C. The number of likely N-dealkylation sites (tertiary alicyclic amines) is 1. The van der Waals surface area contributed by atoms with Gasteiger partial charge in [0.25, 0.3) is 0 Å². The normalized spacial score (nSPS) is 21.1. The number of hydrogen-bond acceptors (Lipinski definition) is 5. The minimum absolute atomic E-state index is 0.211. The average Bonchev–Trinajstić information content (AvgIpc) is 2.66. The molecular formula is C14H25NO5. The molecule has 6 nitrogen and oxygen atoms in total. The van der Waals surface area contributed by atoms with E-state index in [1.165, 1.54) is 4.90 Å². The highest BCUT2D eigenvalue weighted by molar-refractivity contribution is 5.94. The number of amides is 2. The molecule has 0 spiro atoms. The summed E-state index contributed by atoms with van der Waals surface area (Å²) in [4.78, 5) is 25.0. The lowest BCUT2D eigenvalue weighted by Gasteiger charge is -2.27. The Balaban J connectivity index is 2.57. The van der Waals surface area contributed by atoms with Crippen LogP contribution in [0.25, 0.3) is 0 Å². The quantitative estimate of drug-likeness (QED) is 0.726. The van der Waals surface area contributed by atoms with Crippen molar-refractivity contribution in [2.75, 3.05) is 13.2 Å². The molecule has 0 aromatic heterocycles. The molecule has 0 N–H and O–H groups in total. The van der Waals surface area contributed by atoms with E-state index in [1.807, 2.05) is 6.92 Å². The maximum absolute atomic E-state index is 12.0. The Morgan fingerprint density at radius 2 is 2.05 bits per heavy atom. The molecule has 1 fully saturated rings. The number of carbonyl (C=O) groups excluding carboxylic acids is 2. The Bertz CT molecular complexity index is 350. The van der Waals surface area contributed by atoms with Gasteiger partial charge in [-0.2, -0.15) is 0 Å². The van der Waals surface area contributed by atoms with Gasteiger partial charge in [0.15, 0.2) is 6.29 Å². The van der Waals surface area contributed by atoms with E-state index in [0.29, 0.717) is 19.4 Å². The standard InChI is InChI=1S/C14H25NO5/c1-6-18-10(2)19-9-11-7-8-12(16)15(11)13(17)20-14(3,4)5/h10-11H,6-9H2,1-5H3/t10?,11-/m0/s1. The zero-order valence-corrected chi connectivity index (χ0v) is 13.0. The van der Waals surface area contributed by atoms with E-state index in [-0.39, 0.29) is 24.8 Å². The topological polar surface area (TPSA) is 65.1 Å². The van der Waals surface area contributed by atoms with Crippen LogP contribution in [0.4, 0.5) is 4.79 Å². The van der Waals surface area contributed by atoms with Gasteiger partial charge in [-0.05, 0) is 41.0 Å². The maximum Gasteiger partial charge on any atom is 0.417 e. The van der Waals surface area contributed by atoms with Crippen molar-refractivity contribution >= 4 is 12.0 Å². The van der Waals surface area contributed by atoms with Crippen LogP contribution in [-0.4, -0.2) is 48.0 Å². The molecule has 6 heteroatoms. The summed E-state index contributed by atoms with van der Waals surface area (Å²) in [5.41, 5.74) is -0.621. The first-order chi connectivity index (χ1) is 9.24. The minimum atomic E-state index is -0.621. The van der Waals surface area contributed by atoms with Crippen LogP contribution < -0.4 is 0 Å². The predicted molar refractivity (Wildman–Crippen MR) is 73.1 cm³/mol. The zero-order valence-electron chi connectivity index (χ0n) is 13.0. The number of carbonyl (C=O) groups is 2. The third-order valence-electron chi connectivity index (χ3n) is 2.84. The summed E-state index contributed by atoms with van der Waals surface area (Å²) in [7, 11) is 0. The predicted octanol–water partition coefficient (Wildman–Crippen LogP) is 2.31. The summed E-state index contributed by atoms with van der Waals surface area (Å²) in [5, 5.41) is 0. The number of imide groups is 1. The molecule has 1 heterocycles. The van der Waals surface area contributed by atoms with Crippen molar-refractivity contribution in [1.82, 2.24) is 4.90 Å². The summed E-state index contributed by atoms with van der Waals surface area (Å²) in [6.45, 7) is 9.81. The molecular weight excluding hydrogens is 262 g/mol. The fraction of sp³-hybridized carbons (Fsp3) is 0.857. The maximum atomic E-state index is 12.0. The van der Waals surface area contributed by atoms with Gasteiger partial charge in [-0.15, -0.1) is 0 Å². The van der Waals surface area contributed by atoms with Crippen LogP contribution in [0.1, 0.15) is 47.5 Å². The second-order valence-electron chi connectivity index (χ2n) is 5.79. The molecule has 0 radical (unpaired) electrons. The lowest BCUT2D eigenvalue weighted by Crippen LogP contribution is -2.44.